The second-order valence-electron chi connectivity index (χ2n) is 5.24. The first-order valence-electron chi connectivity index (χ1n) is 6.58. The smallest absolute Gasteiger partial charge is 0.136 e. The molecule has 1 aliphatic carbocycles. The largest absolute Gasteiger partial charge is 0.351 e. The minimum atomic E-state index is 0.524. The SMILES string of the molecule is C[C@@H]1CCc2ncnc(N3CCNC[C@@H]3C)c21. The van der Waals surface area contributed by atoms with E-state index in [9.17, 15) is 0 Å². The van der Waals surface area contributed by atoms with Crippen molar-refractivity contribution >= 4 is 5.82 Å². The van der Waals surface area contributed by atoms with Gasteiger partial charge < -0.3 is 10.2 Å². The molecule has 0 spiro atoms. The Kier molecular flexibility index (Phi) is 2.74. The summed E-state index contributed by atoms with van der Waals surface area (Å²) in [5.41, 5.74) is 2.68. The molecule has 0 aromatic carbocycles. The number of nitrogens with zero attached hydrogens (tertiary/aromatic N) is 3. The molecule has 0 bridgehead atoms. The fourth-order valence-electron chi connectivity index (χ4n) is 3.01. The fraction of sp³-hybridized carbons (Fsp3) is 0.692. The highest BCUT2D eigenvalue weighted by Crippen LogP contribution is 2.37. The van der Waals surface area contributed by atoms with E-state index < -0.39 is 0 Å². The molecule has 1 saturated heterocycles. The second kappa shape index (κ2) is 4.26. The van der Waals surface area contributed by atoms with Crippen LogP contribution >= 0.6 is 0 Å². The summed E-state index contributed by atoms with van der Waals surface area (Å²) in [6.07, 6.45) is 4.08. The zero-order valence-electron chi connectivity index (χ0n) is 10.6. The molecule has 0 unspecified atom stereocenters. The summed E-state index contributed by atoms with van der Waals surface area (Å²) in [5.74, 6) is 1.80. The van der Waals surface area contributed by atoms with Crippen LogP contribution in [0.2, 0.25) is 0 Å². The van der Waals surface area contributed by atoms with E-state index in [1.54, 1.807) is 6.33 Å². The highest BCUT2D eigenvalue weighted by molar-refractivity contribution is 5.53. The van der Waals surface area contributed by atoms with Gasteiger partial charge in [0.25, 0.3) is 0 Å². The van der Waals surface area contributed by atoms with Crippen molar-refractivity contribution in [1.82, 2.24) is 15.3 Å². The number of aromatic nitrogens is 2. The molecule has 2 heterocycles. The van der Waals surface area contributed by atoms with Crippen LogP contribution < -0.4 is 10.2 Å². The van der Waals surface area contributed by atoms with Crippen molar-refractivity contribution in [2.45, 2.75) is 38.6 Å². The molecule has 2 atom stereocenters. The molecule has 0 saturated carbocycles. The van der Waals surface area contributed by atoms with Crippen molar-refractivity contribution in [2.24, 2.45) is 0 Å². The van der Waals surface area contributed by atoms with Crippen LogP contribution in [0.1, 0.15) is 37.4 Å². The summed E-state index contributed by atoms with van der Waals surface area (Å²) >= 11 is 0. The van der Waals surface area contributed by atoms with Gasteiger partial charge in [-0.05, 0) is 25.7 Å². The summed E-state index contributed by atoms with van der Waals surface area (Å²) in [7, 11) is 0. The van der Waals surface area contributed by atoms with Crippen LogP contribution in [0.15, 0.2) is 6.33 Å². The topological polar surface area (TPSA) is 41.1 Å². The Balaban J connectivity index is 2.00. The number of hydrogen-bond donors (Lipinski definition) is 1. The minimum absolute atomic E-state index is 0.524. The van der Waals surface area contributed by atoms with Crippen LogP contribution in [-0.4, -0.2) is 35.6 Å². The van der Waals surface area contributed by atoms with Crippen LogP contribution in [0.4, 0.5) is 5.82 Å². The van der Waals surface area contributed by atoms with Crippen molar-refractivity contribution < 1.29 is 0 Å². The minimum Gasteiger partial charge on any atom is -0.351 e. The van der Waals surface area contributed by atoms with Gasteiger partial charge in [0.15, 0.2) is 0 Å². The van der Waals surface area contributed by atoms with Gasteiger partial charge in [0, 0.05) is 36.9 Å². The maximum Gasteiger partial charge on any atom is 0.136 e. The zero-order valence-corrected chi connectivity index (χ0v) is 10.6. The van der Waals surface area contributed by atoms with E-state index in [-0.39, 0.29) is 0 Å². The summed E-state index contributed by atoms with van der Waals surface area (Å²) in [6, 6.07) is 0.524. The lowest BCUT2D eigenvalue weighted by Crippen LogP contribution is -2.50. The Morgan fingerprint density at radius 1 is 1.35 bits per heavy atom. The van der Waals surface area contributed by atoms with Gasteiger partial charge in [-0.25, -0.2) is 9.97 Å². The first kappa shape index (κ1) is 11.0. The Morgan fingerprint density at radius 2 is 2.24 bits per heavy atom. The summed E-state index contributed by atoms with van der Waals surface area (Å²) < 4.78 is 0. The summed E-state index contributed by atoms with van der Waals surface area (Å²) in [5, 5.41) is 3.43. The average Bonchev–Trinajstić information content (AvgIpc) is 2.72. The third-order valence-corrected chi connectivity index (χ3v) is 4.03. The lowest BCUT2D eigenvalue weighted by Gasteiger charge is -2.36. The predicted molar refractivity (Wildman–Crippen MR) is 68.4 cm³/mol. The predicted octanol–water partition coefficient (Wildman–Crippen LogP) is 1.32. The summed E-state index contributed by atoms with van der Waals surface area (Å²) in [6.45, 7) is 7.72. The second-order valence-corrected chi connectivity index (χ2v) is 5.24. The molecule has 17 heavy (non-hydrogen) atoms. The van der Waals surface area contributed by atoms with Gasteiger partial charge in [-0.15, -0.1) is 0 Å². The number of nitrogens with one attached hydrogen (secondary N) is 1. The average molecular weight is 232 g/mol. The van der Waals surface area contributed by atoms with E-state index in [0.717, 1.165) is 26.1 Å². The van der Waals surface area contributed by atoms with E-state index in [1.807, 2.05) is 0 Å². The van der Waals surface area contributed by atoms with Crippen LogP contribution in [0.3, 0.4) is 0 Å². The number of hydrogen-bond acceptors (Lipinski definition) is 4. The lowest BCUT2D eigenvalue weighted by molar-refractivity contribution is 0.494. The third-order valence-electron chi connectivity index (χ3n) is 4.03. The van der Waals surface area contributed by atoms with Crippen LogP contribution in [-0.2, 0) is 6.42 Å². The van der Waals surface area contributed by atoms with Crippen molar-refractivity contribution in [1.29, 1.82) is 0 Å². The first-order chi connectivity index (χ1) is 8.27. The lowest BCUT2D eigenvalue weighted by atomic mass is 10.0. The van der Waals surface area contributed by atoms with E-state index in [1.165, 1.54) is 23.5 Å². The zero-order chi connectivity index (χ0) is 11.8. The third kappa shape index (κ3) is 1.80. The highest BCUT2D eigenvalue weighted by atomic mass is 15.3. The van der Waals surface area contributed by atoms with Gasteiger partial charge in [-0.2, -0.15) is 0 Å². The monoisotopic (exact) mass is 232 g/mol. The van der Waals surface area contributed by atoms with Gasteiger partial charge in [0.2, 0.25) is 0 Å². The molecule has 2 aliphatic rings. The molecule has 1 aromatic rings. The normalized spacial score (nSPS) is 28.2. The van der Waals surface area contributed by atoms with Crippen molar-refractivity contribution in [3.05, 3.63) is 17.6 Å². The molecule has 92 valence electrons. The fourth-order valence-corrected chi connectivity index (χ4v) is 3.01. The van der Waals surface area contributed by atoms with E-state index in [4.69, 9.17) is 0 Å². The van der Waals surface area contributed by atoms with Crippen molar-refractivity contribution in [3.63, 3.8) is 0 Å². The van der Waals surface area contributed by atoms with E-state index >= 15 is 0 Å². The van der Waals surface area contributed by atoms with Gasteiger partial charge >= 0.3 is 0 Å². The molecule has 4 heteroatoms. The van der Waals surface area contributed by atoms with Crippen LogP contribution in [0.25, 0.3) is 0 Å². The number of anilines is 1. The molecule has 1 aromatic heterocycles. The Bertz CT molecular complexity index is 418. The van der Waals surface area contributed by atoms with E-state index in [2.05, 4.69) is 34.0 Å². The molecular weight excluding hydrogens is 212 g/mol. The quantitative estimate of drug-likeness (QED) is 0.793. The number of fused-ring (bicyclic) bond motifs is 1. The molecule has 1 aliphatic heterocycles. The molecule has 0 radical (unpaired) electrons. The number of piperazine rings is 1. The number of rotatable bonds is 1. The maximum atomic E-state index is 4.56. The molecule has 1 fully saturated rings. The van der Waals surface area contributed by atoms with Gasteiger partial charge in [-0.1, -0.05) is 6.92 Å². The van der Waals surface area contributed by atoms with Gasteiger partial charge in [0.05, 0.1) is 0 Å². The van der Waals surface area contributed by atoms with E-state index in [0.29, 0.717) is 12.0 Å². The number of aryl methyl sites for hydroxylation is 1. The van der Waals surface area contributed by atoms with Gasteiger partial charge in [0.1, 0.15) is 12.1 Å². The van der Waals surface area contributed by atoms with Crippen LogP contribution in [0, 0.1) is 0 Å². The van der Waals surface area contributed by atoms with Crippen molar-refractivity contribution in [3.8, 4) is 0 Å². The van der Waals surface area contributed by atoms with Crippen molar-refractivity contribution in [2.75, 3.05) is 24.5 Å². The molecule has 0 amide bonds. The standard InChI is InChI=1S/C13H20N4/c1-9-3-4-11-12(9)13(16-8-15-11)17-6-5-14-7-10(17)2/h8-10,14H,3-7H2,1-2H3/t9-,10+/m1/s1. The maximum absolute atomic E-state index is 4.56. The Hall–Kier alpha value is -1.16. The molecule has 4 nitrogen and oxygen atoms in total. The summed E-state index contributed by atoms with van der Waals surface area (Å²) in [4.78, 5) is 11.4. The van der Waals surface area contributed by atoms with Gasteiger partial charge in [-0.3, -0.25) is 0 Å². The molecule has 3 rings (SSSR count). The highest BCUT2D eigenvalue weighted by Gasteiger charge is 2.29. The Labute approximate surface area is 102 Å². The first-order valence-corrected chi connectivity index (χ1v) is 6.58. The molecule has 1 N–H and O–H groups in total. The van der Waals surface area contributed by atoms with Crippen LogP contribution in [0.5, 0.6) is 0 Å². The molecular formula is C13H20N4. The Morgan fingerprint density at radius 3 is 3.06 bits per heavy atom.